The van der Waals surface area contributed by atoms with E-state index in [0.29, 0.717) is 26.2 Å². The topological polar surface area (TPSA) is 81.8 Å². The molecule has 0 bridgehead atoms. The standard InChI is InChI=1S/C21H30N4O3S/c1-5-25(6-2)29(27,28)20-13-9-18(10-14-20)16-23-21(26)22-15-17-7-11-19(12-8-17)24(3)4/h7-14H,5-6,15-16H2,1-4H3,(H2,22,23,26). The number of nitrogens with zero attached hydrogens (tertiary/aromatic N) is 2. The van der Waals surface area contributed by atoms with E-state index in [1.807, 2.05) is 57.1 Å². The summed E-state index contributed by atoms with van der Waals surface area (Å²) in [7, 11) is 0.490. The van der Waals surface area contributed by atoms with Gasteiger partial charge >= 0.3 is 6.03 Å². The van der Waals surface area contributed by atoms with E-state index < -0.39 is 10.0 Å². The minimum absolute atomic E-state index is 0.260. The number of rotatable bonds is 9. The molecule has 2 aromatic rings. The average Bonchev–Trinajstić information content (AvgIpc) is 2.72. The van der Waals surface area contributed by atoms with Gasteiger partial charge in [-0.2, -0.15) is 4.31 Å². The summed E-state index contributed by atoms with van der Waals surface area (Å²) >= 11 is 0. The molecule has 0 unspecified atom stereocenters. The molecule has 158 valence electrons. The second-order valence-corrected chi connectivity index (χ2v) is 8.77. The fourth-order valence-corrected chi connectivity index (χ4v) is 4.29. The maximum atomic E-state index is 12.5. The van der Waals surface area contributed by atoms with Crippen LogP contribution in [0.5, 0.6) is 0 Å². The molecule has 0 radical (unpaired) electrons. The van der Waals surface area contributed by atoms with Crippen LogP contribution in [0.4, 0.5) is 10.5 Å². The van der Waals surface area contributed by atoms with Crippen LogP contribution >= 0.6 is 0 Å². The Balaban J connectivity index is 1.85. The Bertz CT molecular complexity index is 891. The molecule has 0 aliphatic carbocycles. The van der Waals surface area contributed by atoms with Crippen LogP contribution in [0, 0.1) is 0 Å². The van der Waals surface area contributed by atoms with E-state index in [1.54, 1.807) is 24.3 Å². The summed E-state index contributed by atoms with van der Waals surface area (Å²) in [5.41, 5.74) is 2.94. The quantitative estimate of drug-likeness (QED) is 0.656. The van der Waals surface area contributed by atoms with Gasteiger partial charge < -0.3 is 15.5 Å². The highest BCUT2D eigenvalue weighted by atomic mass is 32.2. The van der Waals surface area contributed by atoms with E-state index in [0.717, 1.165) is 16.8 Å². The summed E-state index contributed by atoms with van der Waals surface area (Å²) in [6, 6.07) is 14.3. The number of hydrogen-bond acceptors (Lipinski definition) is 4. The first-order valence-corrected chi connectivity index (χ1v) is 11.1. The van der Waals surface area contributed by atoms with Crippen molar-refractivity contribution in [3.8, 4) is 0 Å². The second kappa shape index (κ2) is 10.3. The molecule has 29 heavy (non-hydrogen) atoms. The zero-order valence-corrected chi connectivity index (χ0v) is 18.3. The first-order valence-electron chi connectivity index (χ1n) is 9.65. The van der Waals surface area contributed by atoms with Crippen molar-refractivity contribution < 1.29 is 13.2 Å². The molecular formula is C21H30N4O3S. The Kier molecular flexibility index (Phi) is 8.04. The smallest absolute Gasteiger partial charge is 0.315 e. The largest absolute Gasteiger partial charge is 0.378 e. The SMILES string of the molecule is CCN(CC)S(=O)(=O)c1ccc(CNC(=O)NCc2ccc(N(C)C)cc2)cc1. The van der Waals surface area contributed by atoms with Crippen molar-refractivity contribution >= 4 is 21.7 Å². The Morgan fingerprint density at radius 2 is 1.28 bits per heavy atom. The Morgan fingerprint density at radius 3 is 1.69 bits per heavy atom. The van der Waals surface area contributed by atoms with Gasteiger partial charge in [-0.3, -0.25) is 0 Å². The van der Waals surface area contributed by atoms with E-state index in [1.165, 1.54) is 4.31 Å². The summed E-state index contributed by atoms with van der Waals surface area (Å²) in [5.74, 6) is 0. The Morgan fingerprint density at radius 1 is 0.828 bits per heavy atom. The normalized spacial score (nSPS) is 11.3. The number of anilines is 1. The molecule has 7 nitrogen and oxygen atoms in total. The van der Waals surface area contributed by atoms with Gasteiger partial charge in [-0.25, -0.2) is 13.2 Å². The molecule has 0 aromatic heterocycles. The predicted octanol–water partition coefficient (Wildman–Crippen LogP) is 2.78. The molecule has 8 heteroatoms. The number of urea groups is 1. The van der Waals surface area contributed by atoms with E-state index in [9.17, 15) is 13.2 Å². The van der Waals surface area contributed by atoms with Crippen molar-refractivity contribution in [3.05, 3.63) is 59.7 Å². The van der Waals surface area contributed by atoms with Crippen LogP contribution in [0.25, 0.3) is 0 Å². The van der Waals surface area contributed by atoms with Gasteiger partial charge in [0.25, 0.3) is 0 Å². The molecule has 0 fully saturated rings. The molecule has 2 aromatic carbocycles. The highest BCUT2D eigenvalue weighted by molar-refractivity contribution is 7.89. The van der Waals surface area contributed by atoms with Crippen LogP contribution < -0.4 is 15.5 Å². The fraction of sp³-hybridized carbons (Fsp3) is 0.381. The first-order chi connectivity index (χ1) is 13.8. The Labute approximate surface area is 173 Å². The van der Waals surface area contributed by atoms with Gasteiger partial charge in [0.1, 0.15) is 0 Å². The molecular weight excluding hydrogens is 388 g/mol. The Hall–Kier alpha value is -2.58. The number of sulfonamides is 1. The molecule has 0 saturated carbocycles. The van der Waals surface area contributed by atoms with Crippen molar-refractivity contribution in [2.45, 2.75) is 31.8 Å². The minimum Gasteiger partial charge on any atom is -0.378 e. The minimum atomic E-state index is -3.47. The molecule has 0 saturated heterocycles. The first kappa shape index (κ1) is 22.7. The maximum absolute atomic E-state index is 12.5. The molecule has 0 aliphatic rings. The molecule has 2 N–H and O–H groups in total. The third kappa shape index (κ3) is 6.20. The highest BCUT2D eigenvalue weighted by Crippen LogP contribution is 2.16. The van der Waals surface area contributed by atoms with Crippen molar-refractivity contribution in [3.63, 3.8) is 0 Å². The monoisotopic (exact) mass is 418 g/mol. The molecule has 2 rings (SSSR count). The second-order valence-electron chi connectivity index (χ2n) is 6.83. The summed E-state index contributed by atoms with van der Waals surface area (Å²) in [4.78, 5) is 14.3. The third-order valence-electron chi connectivity index (χ3n) is 4.63. The molecule has 0 atom stereocenters. The molecule has 2 amide bonds. The van der Waals surface area contributed by atoms with Gasteiger partial charge in [0.05, 0.1) is 4.90 Å². The third-order valence-corrected chi connectivity index (χ3v) is 6.69. The van der Waals surface area contributed by atoms with E-state index in [-0.39, 0.29) is 10.9 Å². The van der Waals surface area contributed by atoms with Gasteiger partial charge in [-0.15, -0.1) is 0 Å². The summed E-state index contributed by atoms with van der Waals surface area (Å²) in [6.45, 7) is 5.24. The zero-order valence-electron chi connectivity index (χ0n) is 17.5. The lowest BCUT2D eigenvalue weighted by atomic mass is 10.2. The van der Waals surface area contributed by atoms with Gasteiger partial charge in [0.15, 0.2) is 0 Å². The number of nitrogens with one attached hydrogen (secondary N) is 2. The van der Waals surface area contributed by atoms with Crippen LogP contribution in [-0.4, -0.2) is 45.9 Å². The van der Waals surface area contributed by atoms with Gasteiger partial charge in [0.2, 0.25) is 10.0 Å². The van der Waals surface area contributed by atoms with Crippen LogP contribution in [0.3, 0.4) is 0 Å². The van der Waals surface area contributed by atoms with Crippen molar-refractivity contribution in [2.75, 3.05) is 32.1 Å². The van der Waals surface area contributed by atoms with E-state index in [2.05, 4.69) is 10.6 Å². The maximum Gasteiger partial charge on any atom is 0.315 e. The summed E-state index contributed by atoms with van der Waals surface area (Å²) < 4.78 is 26.4. The van der Waals surface area contributed by atoms with Crippen LogP contribution in [0.15, 0.2) is 53.4 Å². The van der Waals surface area contributed by atoms with Crippen molar-refractivity contribution in [1.82, 2.24) is 14.9 Å². The van der Waals surface area contributed by atoms with Gasteiger partial charge in [-0.1, -0.05) is 38.1 Å². The summed E-state index contributed by atoms with van der Waals surface area (Å²) in [6.07, 6.45) is 0. The fourth-order valence-electron chi connectivity index (χ4n) is 2.83. The van der Waals surface area contributed by atoms with E-state index >= 15 is 0 Å². The van der Waals surface area contributed by atoms with E-state index in [4.69, 9.17) is 0 Å². The number of hydrogen-bond donors (Lipinski definition) is 2. The lowest BCUT2D eigenvalue weighted by Crippen LogP contribution is -2.34. The lowest BCUT2D eigenvalue weighted by molar-refractivity contribution is 0.240. The van der Waals surface area contributed by atoms with Crippen molar-refractivity contribution in [1.29, 1.82) is 0 Å². The number of carbonyl (C=O) groups is 1. The van der Waals surface area contributed by atoms with Crippen LogP contribution in [0.2, 0.25) is 0 Å². The lowest BCUT2D eigenvalue weighted by Gasteiger charge is -2.18. The number of amides is 2. The van der Waals surface area contributed by atoms with Crippen LogP contribution in [-0.2, 0) is 23.1 Å². The summed E-state index contributed by atoms with van der Waals surface area (Å²) in [5, 5.41) is 5.60. The average molecular weight is 419 g/mol. The highest BCUT2D eigenvalue weighted by Gasteiger charge is 2.21. The van der Waals surface area contributed by atoms with Crippen LogP contribution in [0.1, 0.15) is 25.0 Å². The molecule has 0 spiro atoms. The van der Waals surface area contributed by atoms with Crippen molar-refractivity contribution in [2.24, 2.45) is 0 Å². The number of carbonyl (C=O) groups excluding carboxylic acids is 1. The molecule has 0 aliphatic heterocycles. The van der Waals surface area contributed by atoms with Gasteiger partial charge in [0, 0.05) is 46.0 Å². The zero-order chi connectivity index (χ0) is 21.4. The molecule has 0 heterocycles. The number of benzene rings is 2. The van der Waals surface area contributed by atoms with Gasteiger partial charge in [-0.05, 0) is 35.4 Å². The predicted molar refractivity (Wildman–Crippen MR) is 116 cm³/mol.